The summed E-state index contributed by atoms with van der Waals surface area (Å²) in [5.41, 5.74) is 0.306. The van der Waals surface area contributed by atoms with E-state index in [0.29, 0.717) is 11.3 Å². The molecule has 0 radical (unpaired) electrons. The van der Waals surface area contributed by atoms with Crippen LogP contribution in [0.15, 0.2) is 0 Å². The molecule has 1 aliphatic rings. The fourth-order valence-corrected chi connectivity index (χ4v) is 1.97. The summed E-state index contributed by atoms with van der Waals surface area (Å²) in [6, 6.07) is 0. The van der Waals surface area contributed by atoms with E-state index >= 15 is 0 Å². The first-order chi connectivity index (χ1) is 5.71. The van der Waals surface area contributed by atoms with Gasteiger partial charge in [0.2, 0.25) is 0 Å². The average molecular weight is 165 g/mol. The molecule has 1 heteroatoms. The van der Waals surface area contributed by atoms with Crippen LogP contribution in [-0.4, -0.2) is 13.1 Å². The highest BCUT2D eigenvalue weighted by atomic mass is 14.9. The lowest BCUT2D eigenvalue weighted by Crippen LogP contribution is -2.39. The van der Waals surface area contributed by atoms with Gasteiger partial charge in [0, 0.05) is 5.41 Å². The maximum atomic E-state index is 3.41. The van der Waals surface area contributed by atoms with Gasteiger partial charge in [-0.15, -0.1) is 5.92 Å². The Labute approximate surface area is 75.9 Å². The third-order valence-electron chi connectivity index (χ3n) is 2.97. The first-order valence-electron chi connectivity index (χ1n) is 4.86. The summed E-state index contributed by atoms with van der Waals surface area (Å²) in [6.07, 6.45) is 2.43. The molecule has 1 heterocycles. The van der Waals surface area contributed by atoms with Gasteiger partial charge in [-0.05, 0) is 38.8 Å². The van der Waals surface area contributed by atoms with Crippen molar-refractivity contribution < 1.29 is 0 Å². The second-order valence-electron chi connectivity index (χ2n) is 3.94. The Balaban J connectivity index is 2.74. The molecule has 12 heavy (non-hydrogen) atoms. The lowest BCUT2D eigenvalue weighted by Gasteiger charge is -2.36. The fourth-order valence-electron chi connectivity index (χ4n) is 1.97. The van der Waals surface area contributed by atoms with E-state index in [1.807, 2.05) is 6.92 Å². The molecule has 0 saturated carbocycles. The monoisotopic (exact) mass is 165 g/mol. The second-order valence-corrected chi connectivity index (χ2v) is 3.94. The Hall–Kier alpha value is -0.480. The van der Waals surface area contributed by atoms with E-state index in [2.05, 4.69) is 31.0 Å². The smallest absolute Gasteiger partial charge is 0.0361 e. The lowest BCUT2D eigenvalue weighted by molar-refractivity contribution is 0.205. The van der Waals surface area contributed by atoms with E-state index in [1.165, 1.54) is 12.8 Å². The third-order valence-corrected chi connectivity index (χ3v) is 2.97. The van der Waals surface area contributed by atoms with Crippen molar-refractivity contribution in [3.63, 3.8) is 0 Å². The minimum atomic E-state index is 0.306. The van der Waals surface area contributed by atoms with Crippen molar-refractivity contribution in [2.45, 2.75) is 33.6 Å². The molecule has 0 aromatic carbocycles. The molecule has 1 fully saturated rings. The third kappa shape index (κ3) is 1.81. The topological polar surface area (TPSA) is 12.0 Å². The van der Waals surface area contributed by atoms with E-state index in [9.17, 15) is 0 Å². The molecule has 68 valence electrons. The molecule has 1 saturated heterocycles. The molecule has 0 bridgehead atoms. The van der Waals surface area contributed by atoms with Crippen LogP contribution in [0.25, 0.3) is 0 Å². The second kappa shape index (κ2) is 3.96. The molecule has 0 atom stereocenters. The van der Waals surface area contributed by atoms with Crippen LogP contribution in [0.5, 0.6) is 0 Å². The van der Waals surface area contributed by atoms with Crippen LogP contribution in [0.1, 0.15) is 33.6 Å². The first-order valence-corrected chi connectivity index (χ1v) is 4.86. The molecule has 1 rings (SSSR count). The highest BCUT2D eigenvalue weighted by molar-refractivity contribution is 5.13. The zero-order valence-electron chi connectivity index (χ0n) is 8.41. The van der Waals surface area contributed by atoms with Crippen LogP contribution < -0.4 is 5.32 Å². The van der Waals surface area contributed by atoms with Crippen LogP contribution in [0, 0.1) is 23.2 Å². The fraction of sp³-hybridized carbons (Fsp3) is 0.818. The maximum Gasteiger partial charge on any atom is 0.0361 e. The van der Waals surface area contributed by atoms with Crippen molar-refractivity contribution >= 4 is 0 Å². The Morgan fingerprint density at radius 1 is 1.25 bits per heavy atom. The van der Waals surface area contributed by atoms with Crippen LogP contribution >= 0.6 is 0 Å². The van der Waals surface area contributed by atoms with Gasteiger partial charge in [0.25, 0.3) is 0 Å². The van der Waals surface area contributed by atoms with Gasteiger partial charge in [-0.2, -0.15) is 0 Å². The van der Waals surface area contributed by atoms with E-state index in [0.717, 1.165) is 13.1 Å². The van der Waals surface area contributed by atoms with Crippen molar-refractivity contribution in [1.82, 2.24) is 5.32 Å². The summed E-state index contributed by atoms with van der Waals surface area (Å²) in [7, 11) is 0. The lowest BCUT2D eigenvalue weighted by atomic mass is 9.71. The largest absolute Gasteiger partial charge is 0.317 e. The molecule has 0 aromatic heterocycles. The maximum absolute atomic E-state index is 3.41. The van der Waals surface area contributed by atoms with E-state index < -0.39 is 0 Å². The molecule has 0 spiro atoms. The van der Waals surface area contributed by atoms with Gasteiger partial charge in [0.1, 0.15) is 0 Å². The minimum absolute atomic E-state index is 0.306. The van der Waals surface area contributed by atoms with Gasteiger partial charge in [-0.1, -0.05) is 19.8 Å². The summed E-state index contributed by atoms with van der Waals surface area (Å²) >= 11 is 0. The Kier molecular flexibility index (Phi) is 3.17. The number of hydrogen-bond donors (Lipinski definition) is 1. The van der Waals surface area contributed by atoms with Crippen LogP contribution in [0.3, 0.4) is 0 Å². The average Bonchev–Trinajstić information content (AvgIpc) is 2.06. The zero-order valence-corrected chi connectivity index (χ0v) is 8.41. The molecule has 0 amide bonds. The molecule has 0 unspecified atom stereocenters. The Morgan fingerprint density at radius 3 is 2.25 bits per heavy atom. The van der Waals surface area contributed by atoms with Crippen LogP contribution in [-0.2, 0) is 0 Å². The molecule has 1 aliphatic heterocycles. The molecule has 1 nitrogen and oxygen atoms in total. The Bertz CT molecular complexity index is 189. The van der Waals surface area contributed by atoms with E-state index in [1.54, 1.807) is 0 Å². The Morgan fingerprint density at radius 2 is 1.83 bits per heavy atom. The van der Waals surface area contributed by atoms with Gasteiger partial charge < -0.3 is 5.32 Å². The SMILES string of the molecule is CC#CC1(C(C)C)CCNCC1. The minimum Gasteiger partial charge on any atom is -0.317 e. The van der Waals surface area contributed by atoms with E-state index in [-0.39, 0.29) is 0 Å². The molecule has 0 aliphatic carbocycles. The van der Waals surface area contributed by atoms with Gasteiger partial charge >= 0.3 is 0 Å². The summed E-state index contributed by atoms with van der Waals surface area (Å²) in [6.45, 7) is 8.79. The normalized spacial score (nSPS) is 21.7. The molecule has 0 aromatic rings. The van der Waals surface area contributed by atoms with Crippen molar-refractivity contribution in [3.8, 4) is 11.8 Å². The highest BCUT2D eigenvalue weighted by Gasteiger charge is 2.32. The summed E-state index contributed by atoms with van der Waals surface area (Å²) in [5.74, 6) is 7.18. The number of rotatable bonds is 1. The first kappa shape index (κ1) is 9.61. The van der Waals surface area contributed by atoms with E-state index in [4.69, 9.17) is 0 Å². The number of piperidine rings is 1. The van der Waals surface area contributed by atoms with Crippen molar-refractivity contribution in [2.75, 3.05) is 13.1 Å². The quantitative estimate of drug-likeness (QED) is 0.586. The standard InChI is InChI=1S/C11H19N/c1-4-5-11(10(2)3)6-8-12-9-7-11/h10,12H,6-9H2,1-3H3. The van der Waals surface area contributed by atoms with Crippen LogP contribution in [0.4, 0.5) is 0 Å². The van der Waals surface area contributed by atoms with Gasteiger partial charge in [-0.3, -0.25) is 0 Å². The number of hydrogen-bond acceptors (Lipinski definition) is 1. The van der Waals surface area contributed by atoms with Gasteiger partial charge in [0.05, 0.1) is 0 Å². The molecular formula is C11H19N. The van der Waals surface area contributed by atoms with Crippen molar-refractivity contribution in [1.29, 1.82) is 0 Å². The summed E-state index contributed by atoms with van der Waals surface area (Å²) in [5, 5.41) is 3.38. The predicted octanol–water partition coefficient (Wildman–Crippen LogP) is 2.04. The summed E-state index contributed by atoms with van der Waals surface area (Å²) < 4.78 is 0. The number of nitrogens with one attached hydrogen (secondary N) is 1. The van der Waals surface area contributed by atoms with Crippen molar-refractivity contribution in [3.05, 3.63) is 0 Å². The van der Waals surface area contributed by atoms with Crippen molar-refractivity contribution in [2.24, 2.45) is 11.3 Å². The highest BCUT2D eigenvalue weighted by Crippen LogP contribution is 2.35. The zero-order chi connectivity index (χ0) is 9.03. The molecular weight excluding hydrogens is 146 g/mol. The van der Waals surface area contributed by atoms with Crippen LogP contribution in [0.2, 0.25) is 0 Å². The molecule has 1 N–H and O–H groups in total. The predicted molar refractivity (Wildman–Crippen MR) is 52.8 cm³/mol. The van der Waals surface area contributed by atoms with Gasteiger partial charge in [-0.25, -0.2) is 0 Å². The summed E-state index contributed by atoms with van der Waals surface area (Å²) in [4.78, 5) is 0. The van der Waals surface area contributed by atoms with Gasteiger partial charge in [0.15, 0.2) is 0 Å².